The van der Waals surface area contributed by atoms with Crippen LogP contribution in [0, 0.1) is 6.92 Å². The second-order valence-electron chi connectivity index (χ2n) is 5.96. The van der Waals surface area contributed by atoms with E-state index >= 15 is 0 Å². The Morgan fingerprint density at radius 2 is 2.20 bits per heavy atom. The largest absolute Gasteiger partial charge is 0.289 e. The highest BCUT2D eigenvalue weighted by Gasteiger charge is 2.40. The van der Waals surface area contributed by atoms with Crippen molar-refractivity contribution in [1.29, 1.82) is 0 Å². The molecule has 0 spiro atoms. The third kappa shape index (κ3) is 1.85. The molecular weight excluding hydrogens is 250 g/mol. The van der Waals surface area contributed by atoms with Gasteiger partial charge >= 0.3 is 0 Å². The molecule has 2 aliphatic rings. The maximum absolute atomic E-state index is 4.65. The van der Waals surface area contributed by atoms with E-state index in [1.807, 2.05) is 31.0 Å². The minimum absolute atomic E-state index is 0.490. The number of hydrogen-bond acceptors (Lipinski definition) is 4. The molecule has 2 bridgehead atoms. The van der Waals surface area contributed by atoms with Gasteiger partial charge in [-0.1, -0.05) is 0 Å². The summed E-state index contributed by atoms with van der Waals surface area (Å²) >= 11 is 0. The molecule has 2 atom stereocenters. The normalized spacial score (nSPS) is 24.9. The van der Waals surface area contributed by atoms with E-state index in [1.54, 1.807) is 0 Å². The van der Waals surface area contributed by atoms with Crippen LogP contribution in [0.4, 0.5) is 0 Å². The summed E-state index contributed by atoms with van der Waals surface area (Å²) in [5.74, 6) is 0.892. The SMILES string of the molecule is Cc1ncc2c(n1)C[C@@H]1CC[C@@H]2N1Cc1cnn(C)c1. The van der Waals surface area contributed by atoms with Crippen LogP contribution < -0.4 is 0 Å². The predicted molar refractivity (Wildman–Crippen MR) is 75.0 cm³/mol. The summed E-state index contributed by atoms with van der Waals surface area (Å²) in [5, 5.41) is 4.27. The monoisotopic (exact) mass is 269 g/mol. The van der Waals surface area contributed by atoms with Crippen molar-refractivity contribution in [2.75, 3.05) is 0 Å². The van der Waals surface area contributed by atoms with Gasteiger partial charge in [0.05, 0.1) is 11.9 Å². The number of aromatic nitrogens is 4. The highest BCUT2D eigenvalue weighted by atomic mass is 15.3. The minimum atomic E-state index is 0.490. The highest BCUT2D eigenvalue weighted by Crippen LogP contribution is 2.43. The van der Waals surface area contributed by atoms with Gasteiger partial charge in [-0.3, -0.25) is 9.58 Å². The Bertz CT molecular complexity index is 647. The van der Waals surface area contributed by atoms with Crippen molar-refractivity contribution in [2.45, 2.75) is 44.8 Å². The first kappa shape index (κ1) is 12.0. The molecule has 2 aromatic rings. The molecule has 1 fully saturated rings. The van der Waals surface area contributed by atoms with Crippen molar-refractivity contribution in [2.24, 2.45) is 7.05 Å². The maximum Gasteiger partial charge on any atom is 0.125 e. The van der Waals surface area contributed by atoms with Gasteiger partial charge in [0, 0.05) is 55.6 Å². The van der Waals surface area contributed by atoms with Gasteiger partial charge in [-0.25, -0.2) is 9.97 Å². The molecule has 0 aliphatic carbocycles. The lowest BCUT2D eigenvalue weighted by molar-refractivity contribution is 0.166. The molecule has 0 unspecified atom stereocenters. The number of hydrogen-bond donors (Lipinski definition) is 0. The molecule has 5 nitrogen and oxygen atoms in total. The first-order valence-electron chi connectivity index (χ1n) is 7.26. The van der Waals surface area contributed by atoms with Crippen LogP contribution in [-0.4, -0.2) is 30.7 Å². The molecule has 0 amide bonds. The molecule has 4 heterocycles. The topological polar surface area (TPSA) is 46.8 Å². The predicted octanol–water partition coefficient (Wildman–Crippen LogP) is 1.78. The number of rotatable bonds is 2. The van der Waals surface area contributed by atoms with Gasteiger partial charge in [0.2, 0.25) is 0 Å². The number of aryl methyl sites for hydroxylation is 2. The van der Waals surface area contributed by atoms with Crippen LogP contribution in [0.15, 0.2) is 18.6 Å². The summed E-state index contributed by atoms with van der Waals surface area (Å²) in [5.41, 5.74) is 3.90. The van der Waals surface area contributed by atoms with E-state index in [0.717, 1.165) is 18.8 Å². The van der Waals surface area contributed by atoms with Crippen LogP contribution in [0.25, 0.3) is 0 Å². The van der Waals surface area contributed by atoms with Gasteiger partial charge in [0.25, 0.3) is 0 Å². The number of fused-ring (bicyclic) bond motifs is 4. The molecule has 4 rings (SSSR count). The molecule has 2 aliphatic heterocycles. The highest BCUT2D eigenvalue weighted by molar-refractivity contribution is 5.29. The standard InChI is InChI=1S/C15H19N5/c1-10-16-7-13-14(18-10)5-12-3-4-15(13)20(12)9-11-6-17-19(2)8-11/h6-8,12,15H,3-5,9H2,1-2H3/t12-,15-/m0/s1. The van der Waals surface area contributed by atoms with Crippen molar-refractivity contribution in [1.82, 2.24) is 24.6 Å². The first-order chi connectivity index (χ1) is 9.70. The lowest BCUT2D eigenvalue weighted by atomic mass is 9.99. The van der Waals surface area contributed by atoms with Crippen LogP contribution in [0.5, 0.6) is 0 Å². The van der Waals surface area contributed by atoms with E-state index < -0.39 is 0 Å². The van der Waals surface area contributed by atoms with Gasteiger partial charge in [-0.2, -0.15) is 5.10 Å². The Kier molecular flexibility index (Phi) is 2.63. The third-order valence-corrected chi connectivity index (χ3v) is 4.57. The van der Waals surface area contributed by atoms with Crippen LogP contribution in [0.3, 0.4) is 0 Å². The molecule has 5 heteroatoms. The van der Waals surface area contributed by atoms with Crippen molar-refractivity contribution in [3.05, 3.63) is 41.2 Å². The lowest BCUT2D eigenvalue weighted by Crippen LogP contribution is -2.37. The zero-order valence-corrected chi connectivity index (χ0v) is 12.0. The number of nitrogens with zero attached hydrogens (tertiary/aromatic N) is 5. The van der Waals surface area contributed by atoms with Gasteiger partial charge in [0.15, 0.2) is 0 Å². The summed E-state index contributed by atoms with van der Waals surface area (Å²) in [7, 11) is 1.97. The van der Waals surface area contributed by atoms with E-state index in [4.69, 9.17) is 0 Å². The van der Waals surface area contributed by atoms with Crippen molar-refractivity contribution >= 4 is 0 Å². The van der Waals surface area contributed by atoms with Crippen molar-refractivity contribution < 1.29 is 0 Å². The second-order valence-corrected chi connectivity index (χ2v) is 5.96. The smallest absolute Gasteiger partial charge is 0.125 e. The van der Waals surface area contributed by atoms with E-state index in [0.29, 0.717) is 12.1 Å². The van der Waals surface area contributed by atoms with Crippen molar-refractivity contribution in [3.63, 3.8) is 0 Å². The minimum Gasteiger partial charge on any atom is -0.289 e. The Morgan fingerprint density at radius 1 is 1.30 bits per heavy atom. The van der Waals surface area contributed by atoms with Gasteiger partial charge in [0.1, 0.15) is 5.82 Å². The Morgan fingerprint density at radius 3 is 3.00 bits per heavy atom. The molecule has 0 saturated carbocycles. The van der Waals surface area contributed by atoms with E-state index in [-0.39, 0.29) is 0 Å². The van der Waals surface area contributed by atoms with Gasteiger partial charge in [-0.05, 0) is 19.8 Å². The van der Waals surface area contributed by atoms with Crippen molar-refractivity contribution in [3.8, 4) is 0 Å². The lowest BCUT2D eigenvalue weighted by Gasteiger charge is -2.35. The summed E-state index contributed by atoms with van der Waals surface area (Å²) in [6, 6.07) is 1.12. The second kappa shape index (κ2) is 4.38. The average Bonchev–Trinajstić information content (AvgIpc) is 2.94. The first-order valence-corrected chi connectivity index (χ1v) is 7.26. The summed E-state index contributed by atoms with van der Waals surface area (Å²) in [4.78, 5) is 11.7. The summed E-state index contributed by atoms with van der Waals surface area (Å²) in [6.07, 6.45) is 9.68. The molecule has 20 heavy (non-hydrogen) atoms. The molecule has 0 radical (unpaired) electrons. The summed E-state index contributed by atoms with van der Waals surface area (Å²) < 4.78 is 1.88. The molecule has 0 N–H and O–H groups in total. The summed E-state index contributed by atoms with van der Waals surface area (Å²) in [6.45, 7) is 2.96. The van der Waals surface area contributed by atoms with E-state index in [1.165, 1.54) is 29.7 Å². The fourth-order valence-corrected chi connectivity index (χ4v) is 3.68. The fourth-order valence-electron chi connectivity index (χ4n) is 3.68. The van der Waals surface area contributed by atoms with Crippen LogP contribution in [-0.2, 0) is 20.0 Å². The van der Waals surface area contributed by atoms with E-state index in [9.17, 15) is 0 Å². The molecule has 1 saturated heterocycles. The van der Waals surface area contributed by atoms with Crippen LogP contribution >= 0.6 is 0 Å². The zero-order valence-electron chi connectivity index (χ0n) is 12.0. The maximum atomic E-state index is 4.65. The van der Waals surface area contributed by atoms with Crippen LogP contribution in [0.1, 0.15) is 41.5 Å². The quantitative estimate of drug-likeness (QED) is 0.834. The molecule has 104 valence electrons. The fraction of sp³-hybridized carbons (Fsp3) is 0.533. The van der Waals surface area contributed by atoms with Gasteiger partial charge in [-0.15, -0.1) is 0 Å². The molecule has 2 aromatic heterocycles. The third-order valence-electron chi connectivity index (χ3n) is 4.57. The Labute approximate surface area is 118 Å². The zero-order chi connectivity index (χ0) is 13.7. The van der Waals surface area contributed by atoms with Crippen LogP contribution in [0.2, 0.25) is 0 Å². The average molecular weight is 269 g/mol. The molecule has 0 aromatic carbocycles. The Hall–Kier alpha value is -1.75. The van der Waals surface area contributed by atoms with Gasteiger partial charge < -0.3 is 0 Å². The molecular formula is C15H19N5. The Balaban J connectivity index is 1.65. The van der Waals surface area contributed by atoms with E-state index in [2.05, 4.69) is 26.2 Å².